The minimum atomic E-state index is -0.519. The van der Waals surface area contributed by atoms with E-state index in [2.05, 4.69) is 20.0 Å². The van der Waals surface area contributed by atoms with Crippen molar-refractivity contribution in [1.82, 2.24) is 15.1 Å². The van der Waals surface area contributed by atoms with Gasteiger partial charge in [-0.25, -0.2) is 4.98 Å². The van der Waals surface area contributed by atoms with Crippen LogP contribution in [0.1, 0.15) is 32.5 Å². The van der Waals surface area contributed by atoms with Crippen molar-refractivity contribution in [3.05, 3.63) is 24.2 Å². The van der Waals surface area contributed by atoms with Crippen molar-refractivity contribution >= 4 is 11.8 Å². The summed E-state index contributed by atoms with van der Waals surface area (Å²) in [6.07, 6.45) is 3.76. The third kappa shape index (κ3) is 3.50. The second-order valence-corrected chi connectivity index (χ2v) is 7.05. The van der Waals surface area contributed by atoms with Crippen molar-refractivity contribution < 1.29 is 14.1 Å². The largest absolute Gasteiger partial charge is 0.469 e. The first-order valence-electron chi connectivity index (χ1n) is 8.52. The molecule has 0 bridgehead atoms. The molecule has 1 fully saturated rings. The number of anilines is 1. The van der Waals surface area contributed by atoms with Crippen LogP contribution in [0.2, 0.25) is 0 Å². The third-order valence-corrected chi connectivity index (χ3v) is 5.00. The van der Waals surface area contributed by atoms with Crippen molar-refractivity contribution in [3.63, 3.8) is 0 Å². The van der Waals surface area contributed by atoms with E-state index in [0.717, 1.165) is 37.3 Å². The van der Waals surface area contributed by atoms with Gasteiger partial charge in [0.15, 0.2) is 5.82 Å². The Hall–Kier alpha value is -2.44. The van der Waals surface area contributed by atoms with Crippen LogP contribution in [-0.2, 0) is 9.53 Å². The molecule has 0 saturated carbocycles. The molecule has 0 aromatic carbocycles. The minimum Gasteiger partial charge on any atom is -0.469 e. The highest BCUT2D eigenvalue weighted by Gasteiger charge is 2.40. The first kappa shape index (κ1) is 17.4. The van der Waals surface area contributed by atoms with E-state index in [4.69, 9.17) is 9.26 Å². The van der Waals surface area contributed by atoms with Crippen molar-refractivity contribution in [2.75, 3.05) is 25.1 Å². The van der Waals surface area contributed by atoms with Crippen molar-refractivity contribution in [2.24, 2.45) is 11.3 Å². The van der Waals surface area contributed by atoms with E-state index < -0.39 is 5.41 Å². The van der Waals surface area contributed by atoms with Crippen LogP contribution >= 0.6 is 0 Å². The zero-order chi connectivity index (χ0) is 18.0. The van der Waals surface area contributed by atoms with Gasteiger partial charge in [-0.15, -0.1) is 0 Å². The Balaban J connectivity index is 1.81. The number of hydrogen-bond donors (Lipinski definition) is 0. The molecule has 1 atom stereocenters. The molecule has 0 aliphatic carbocycles. The summed E-state index contributed by atoms with van der Waals surface area (Å²) in [6.45, 7) is 7.38. The molecule has 7 heteroatoms. The van der Waals surface area contributed by atoms with Gasteiger partial charge in [-0.1, -0.05) is 5.16 Å². The average molecular weight is 344 g/mol. The first-order chi connectivity index (χ1) is 11.9. The Bertz CT molecular complexity index is 756. The van der Waals surface area contributed by atoms with Gasteiger partial charge in [0.25, 0.3) is 5.89 Å². The normalized spacial score (nSPS) is 18.2. The van der Waals surface area contributed by atoms with E-state index in [1.807, 2.05) is 26.0 Å². The van der Waals surface area contributed by atoms with Crippen molar-refractivity contribution in [2.45, 2.75) is 33.6 Å². The van der Waals surface area contributed by atoms with Crippen molar-refractivity contribution in [1.29, 1.82) is 0 Å². The zero-order valence-electron chi connectivity index (χ0n) is 15.2. The lowest BCUT2D eigenvalue weighted by molar-refractivity contribution is -0.154. The fraction of sp³-hybridized carbons (Fsp3) is 0.556. The molecule has 2 aromatic rings. The maximum Gasteiger partial charge on any atom is 0.311 e. The van der Waals surface area contributed by atoms with E-state index in [0.29, 0.717) is 11.7 Å². The Labute approximate surface area is 147 Å². The monoisotopic (exact) mass is 344 g/mol. The van der Waals surface area contributed by atoms with Crippen molar-refractivity contribution in [3.8, 4) is 11.5 Å². The summed E-state index contributed by atoms with van der Waals surface area (Å²) >= 11 is 0. The number of pyridine rings is 1. The molecule has 134 valence electrons. The molecule has 0 amide bonds. The van der Waals surface area contributed by atoms with Crippen LogP contribution in [0, 0.1) is 18.3 Å². The van der Waals surface area contributed by atoms with Crippen LogP contribution in [0.4, 0.5) is 5.82 Å². The van der Waals surface area contributed by atoms with Gasteiger partial charge in [-0.2, -0.15) is 4.98 Å². The van der Waals surface area contributed by atoms with Crippen LogP contribution in [0.25, 0.3) is 11.5 Å². The smallest absolute Gasteiger partial charge is 0.311 e. The van der Waals surface area contributed by atoms with Gasteiger partial charge >= 0.3 is 5.97 Å². The van der Waals surface area contributed by atoms with Crippen LogP contribution in [0.5, 0.6) is 0 Å². The van der Waals surface area contributed by atoms with Crippen LogP contribution in [-0.4, -0.2) is 41.3 Å². The van der Waals surface area contributed by atoms with Gasteiger partial charge in [-0.3, -0.25) is 4.79 Å². The lowest BCUT2D eigenvalue weighted by Crippen LogP contribution is -2.45. The number of hydrogen-bond acceptors (Lipinski definition) is 7. The number of nitrogens with zero attached hydrogens (tertiary/aromatic N) is 4. The third-order valence-electron chi connectivity index (χ3n) is 5.00. The molecule has 1 unspecified atom stereocenters. The Morgan fingerprint density at radius 3 is 2.92 bits per heavy atom. The number of rotatable bonds is 4. The number of aromatic nitrogens is 3. The summed E-state index contributed by atoms with van der Waals surface area (Å²) in [6, 6.07) is 3.82. The first-order valence-corrected chi connectivity index (χ1v) is 8.52. The molecule has 3 rings (SSSR count). The fourth-order valence-corrected chi connectivity index (χ4v) is 3.34. The molecule has 7 nitrogen and oxygen atoms in total. The topological polar surface area (TPSA) is 81.4 Å². The molecule has 1 saturated heterocycles. The number of aryl methyl sites for hydroxylation is 1. The number of carbonyl (C=O) groups excluding carboxylic acids is 1. The second kappa shape index (κ2) is 6.82. The predicted octanol–water partition coefficient (Wildman–Crippen LogP) is 2.86. The minimum absolute atomic E-state index is 0.164. The fourth-order valence-electron chi connectivity index (χ4n) is 3.34. The summed E-state index contributed by atoms with van der Waals surface area (Å²) in [4.78, 5) is 23.1. The van der Waals surface area contributed by atoms with E-state index >= 15 is 0 Å². The molecular formula is C18H24N4O3. The summed E-state index contributed by atoms with van der Waals surface area (Å²) in [5.41, 5.74) is 0.328. The van der Waals surface area contributed by atoms with Crippen LogP contribution in [0.15, 0.2) is 22.9 Å². The Morgan fingerprint density at radius 2 is 2.24 bits per heavy atom. The SMILES string of the molecule is COC(=O)C(C)(C)C1CCCN(c2cc(-c3nc(C)no3)ccn2)C1. The van der Waals surface area contributed by atoms with Gasteiger partial charge in [0, 0.05) is 24.8 Å². The zero-order valence-corrected chi connectivity index (χ0v) is 15.2. The molecule has 3 heterocycles. The number of carbonyl (C=O) groups is 1. The molecule has 1 aliphatic heterocycles. The van der Waals surface area contributed by atoms with E-state index in [1.54, 1.807) is 13.1 Å². The predicted molar refractivity (Wildman–Crippen MR) is 93.0 cm³/mol. The summed E-state index contributed by atoms with van der Waals surface area (Å²) in [5.74, 6) is 2.00. The summed E-state index contributed by atoms with van der Waals surface area (Å²) in [7, 11) is 1.45. The maximum atomic E-state index is 12.1. The maximum absolute atomic E-state index is 12.1. The number of esters is 1. The number of methoxy groups -OCH3 is 1. The molecule has 0 radical (unpaired) electrons. The van der Waals surface area contributed by atoms with E-state index in [1.165, 1.54) is 7.11 Å². The highest BCUT2D eigenvalue weighted by Crippen LogP contribution is 2.36. The van der Waals surface area contributed by atoms with Gasteiger partial charge in [0.2, 0.25) is 0 Å². The lowest BCUT2D eigenvalue weighted by atomic mass is 9.74. The van der Waals surface area contributed by atoms with Crippen LogP contribution in [0.3, 0.4) is 0 Å². The highest BCUT2D eigenvalue weighted by molar-refractivity contribution is 5.76. The van der Waals surface area contributed by atoms with Gasteiger partial charge < -0.3 is 14.2 Å². The molecule has 0 N–H and O–H groups in total. The summed E-state index contributed by atoms with van der Waals surface area (Å²) < 4.78 is 10.2. The molecule has 0 spiro atoms. The number of piperidine rings is 1. The quantitative estimate of drug-likeness (QED) is 0.789. The lowest BCUT2D eigenvalue weighted by Gasteiger charge is -2.40. The highest BCUT2D eigenvalue weighted by atomic mass is 16.5. The van der Waals surface area contributed by atoms with Gasteiger partial charge in [0.1, 0.15) is 5.82 Å². The number of ether oxygens (including phenoxy) is 1. The van der Waals surface area contributed by atoms with E-state index in [-0.39, 0.29) is 11.9 Å². The standard InChI is InChI=1S/C18H24N4O3/c1-12-20-16(25-21-12)13-7-8-19-15(10-13)22-9-5-6-14(11-22)18(2,3)17(23)24-4/h7-8,10,14H,5-6,9,11H2,1-4H3. The Morgan fingerprint density at radius 1 is 1.44 bits per heavy atom. The van der Waals surface area contributed by atoms with Gasteiger partial charge in [-0.05, 0) is 51.7 Å². The van der Waals surface area contributed by atoms with E-state index in [9.17, 15) is 4.79 Å². The average Bonchev–Trinajstić information content (AvgIpc) is 3.07. The molecule has 25 heavy (non-hydrogen) atoms. The Kier molecular flexibility index (Phi) is 4.74. The van der Waals surface area contributed by atoms with Gasteiger partial charge in [0.05, 0.1) is 12.5 Å². The summed E-state index contributed by atoms with van der Waals surface area (Å²) in [5, 5.41) is 3.84. The molecular weight excluding hydrogens is 320 g/mol. The molecule has 1 aliphatic rings. The molecule has 2 aromatic heterocycles. The van der Waals surface area contributed by atoms with Crippen LogP contribution < -0.4 is 4.90 Å². The second-order valence-electron chi connectivity index (χ2n) is 7.05.